The number of nitro benzene ring substituents is 1. The van der Waals surface area contributed by atoms with Crippen LogP contribution in [0.3, 0.4) is 0 Å². The molecular formula is C8H7F3NO6P. The first-order chi connectivity index (χ1) is 8.42. The Morgan fingerprint density at radius 2 is 1.89 bits per heavy atom. The molecule has 0 bridgehead atoms. The first-order valence-electron chi connectivity index (χ1n) is 4.53. The van der Waals surface area contributed by atoms with Crippen LogP contribution in [0.1, 0.15) is 11.1 Å². The van der Waals surface area contributed by atoms with Crippen LogP contribution in [0.2, 0.25) is 0 Å². The second kappa shape index (κ2) is 4.80. The molecule has 0 aliphatic heterocycles. The number of alkyl halides is 3. The fraction of sp³-hybridized carbons (Fsp3) is 0.250. The topological polar surface area (TPSA) is 110 Å². The van der Waals surface area contributed by atoms with E-state index in [0.29, 0.717) is 6.07 Å². The third-order valence-corrected chi connectivity index (χ3v) is 2.41. The molecule has 0 saturated heterocycles. The lowest BCUT2D eigenvalue weighted by Crippen LogP contribution is -2.08. The number of rotatable bonds is 3. The predicted molar refractivity (Wildman–Crippen MR) is 55.5 cm³/mol. The maximum atomic E-state index is 12.5. The van der Waals surface area contributed by atoms with E-state index in [1.165, 1.54) is 0 Å². The average molecular weight is 301 g/mol. The summed E-state index contributed by atoms with van der Waals surface area (Å²) in [4.78, 5) is 26.6. The zero-order valence-electron chi connectivity index (χ0n) is 9.21. The largest absolute Gasteiger partial charge is 0.525 e. The lowest BCUT2D eigenvalue weighted by atomic mass is 10.1. The van der Waals surface area contributed by atoms with Gasteiger partial charge in [-0.05, 0) is 18.6 Å². The van der Waals surface area contributed by atoms with Crippen LogP contribution in [0.15, 0.2) is 12.1 Å². The maximum Gasteiger partial charge on any atom is 0.525 e. The summed E-state index contributed by atoms with van der Waals surface area (Å²) in [5.74, 6) is -0.897. The molecule has 1 aromatic rings. The van der Waals surface area contributed by atoms with Gasteiger partial charge in [-0.3, -0.25) is 19.9 Å². The number of halogens is 3. The van der Waals surface area contributed by atoms with Crippen molar-refractivity contribution in [2.45, 2.75) is 13.1 Å². The van der Waals surface area contributed by atoms with Gasteiger partial charge in [0.25, 0.3) is 0 Å². The molecule has 0 heterocycles. The number of aryl methyl sites for hydroxylation is 1. The summed E-state index contributed by atoms with van der Waals surface area (Å²) in [6, 6.07) is 0.649. The van der Waals surface area contributed by atoms with Gasteiger partial charge in [-0.15, -0.1) is 0 Å². The van der Waals surface area contributed by atoms with E-state index in [1.54, 1.807) is 0 Å². The van der Waals surface area contributed by atoms with Crippen molar-refractivity contribution in [1.29, 1.82) is 0 Å². The van der Waals surface area contributed by atoms with Gasteiger partial charge in [-0.2, -0.15) is 13.2 Å². The van der Waals surface area contributed by atoms with Crippen molar-refractivity contribution in [3.63, 3.8) is 0 Å². The SMILES string of the molecule is Cc1cc(C(F)(F)F)cc([N+](=O)[O-])c1OP(=O)(O)O. The van der Waals surface area contributed by atoms with Crippen molar-refractivity contribution in [3.05, 3.63) is 33.4 Å². The molecule has 0 spiro atoms. The van der Waals surface area contributed by atoms with Crippen molar-refractivity contribution >= 4 is 13.5 Å². The summed E-state index contributed by atoms with van der Waals surface area (Å²) in [7, 11) is -5.12. The van der Waals surface area contributed by atoms with E-state index in [2.05, 4.69) is 4.52 Å². The first kappa shape index (κ1) is 15.4. The van der Waals surface area contributed by atoms with Crippen LogP contribution in [0, 0.1) is 17.0 Å². The summed E-state index contributed by atoms with van der Waals surface area (Å²) >= 11 is 0. The van der Waals surface area contributed by atoms with Crippen LogP contribution in [-0.4, -0.2) is 14.7 Å². The zero-order chi connectivity index (χ0) is 15.0. The molecule has 0 fully saturated rings. The Hall–Kier alpha value is -1.64. The second-order valence-corrected chi connectivity index (χ2v) is 4.64. The molecule has 0 aliphatic carbocycles. The van der Waals surface area contributed by atoms with Gasteiger partial charge in [0, 0.05) is 6.07 Å². The van der Waals surface area contributed by atoms with Crippen molar-refractivity contribution in [3.8, 4) is 5.75 Å². The van der Waals surface area contributed by atoms with E-state index >= 15 is 0 Å². The standard InChI is InChI=1S/C8H7F3NO6P/c1-4-2-5(8(9,10)11)3-6(12(13)14)7(4)18-19(15,16)17/h2-3H,1H3,(H2,15,16,17). The zero-order valence-corrected chi connectivity index (χ0v) is 10.1. The molecule has 19 heavy (non-hydrogen) atoms. The Bertz CT molecular complexity index is 566. The van der Waals surface area contributed by atoms with Gasteiger partial charge in [0.2, 0.25) is 5.75 Å². The van der Waals surface area contributed by atoms with Crippen molar-refractivity contribution < 1.29 is 37.0 Å². The second-order valence-electron chi connectivity index (χ2n) is 3.48. The minimum atomic E-state index is -5.12. The highest BCUT2D eigenvalue weighted by Crippen LogP contribution is 2.45. The minimum Gasteiger partial charge on any atom is -0.397 e. The molecule has 0 radical (unpaired) electrons. The molecule has 0 unspecified atom stereocenters. The fourth-order valence-electron chi connectivity index (χ4n) is 1.29. The van der Waals surface area contributed by atoms with Crippen molar-refractivity contribution in [1.82, 2.24) is 0 Å². The first-order valence-corrected chi connectivity index (χ1v) is 6.06. The molecule has 1 aromatic carbocycles. The van der Waals surface area contributed by atoms with E-state index in [0.717, 1.165) is 6.92 Å². The van der Waals surface area contributed by atoms with Gasteiger partial charge in [-0.25, -0.2) is 4.57 Å². The smallest absolute Gasteiger partial charge is 0.397 e. The highest BCUT2D eigenvalue weighted by atomic mass is 31.2. The van der Waals surface area contributed by atoms with E-state index in [4.69, 9.17) is 9.79 Å². The van der Waals surface area contributed by atoms with Gasteiger partial charge >= 0.3 is 19.7 Å². The monoisotopic (exact) mass is 301 g/mol. The maximum absolute atomic E-state index is 12.5. The molecule has 0 aromatic heterocycles. The third-order valence-electron chi connectivity index (χ3n) is 1.99. The van der Waals surface area contributed by atoms with E-state index < -0.39 is 41.5 Å². The van der Waals surface area contributed by atoms with Crippen LogP contribution in [0.25, 0.3) is 0 Å². The molecular weight excluding hydrogens is 294 g/mol. The molecule has 0 aliphatic rings. The molecule has 11 heteroatoms. The average Bonchev–Trinajstić information content (AvgIpc) is 2.16. The molecule has 2 N–H and O–H groups in total. The number of hydrogen-bond acceptors (Lipinski definition) is 4. The number of phosphoric acid groups is 1. The molecule has 7 nitrogen and oxygen atoms in total. The summed E-state index contributed by atoms with van der Waals surface area (Å²) in [5, 5.41) is 10.6. The van der Waals surface area contributed by atoms with Gasteiger partial charge in [-0.1, -0.05) is 0 Å². The van der Waals surface area contributed by atoms with E-state index in [9.17, 15) is 27.9 Å². The highest BCUT2D eigenvalue weighted by Gasteiger charge is 2.35. The minimum absolute atomic E-state index is 0.151. The van der Waals surface area contributed by atoms with Crippen molar-refractivity contribution in [2.75, 3.05) is 0 Å². The number of benzene rings is 1. The number of phosphoric ester groups is 1. The fourth-order valence-corrected chi connectivity index (χ4v) is 1.77. The number of hydrogen-bond donors (Lipinski definition) is 2. The molecule has 106 valence electrons. The predicted octanol–water partition coefficient (Wildman–Crippen LogP) is 2.39. The van der Waals surface area contributed by atoms with Gasteiger partial charge in [0.05, 0.1) is 10.5 Å². The van der Waals surface area contributed by atoms with Crippen LogP contribution in [-0.2, 0) is 10.7 Å². The van der Waals surface area contributed by atoms with Crippen LogP contribution in [0.4, 0.5) is 18.9 Å². The Kier molecular flexibility index (Phi) is 3.89. The Labute approximate surface area is 104 Å². The van der Waals surface area contributed by atoms with Crippen LogP contribution in [0.5, 0.6) is 5.75 Å². The van der Waals surface area contributed by atoms with Gasteiger partial charge < -0.3 is 4.52 Å². The molecule has 0 amide bonds. The summed E-state index contributed by atoms with van der Waals surface area (Å²) < 4.78 is 52.1. The van der Waals surface area contributed by atoms with Crippen LogP contribution < -0.4 is 4.52 Å². The van der Waals surface area contributed by atoms with E-state index in [1.807, 2.05) is 0 Å². The number of nitrogens with zero attached hydrogens (tertiary/aromatic N) is 1. The van der Waals surface area contributed by atoms with Crippen LogP contribution >= 0.6 is 7.82 Å². The third kappa shape index (κ3) is 3.91. The Morgan fingerprint density at radius 1 is 1.37 bits per heavy atom. The summed E-state index contributed by atoms with van der Waals surface area (Å²) in [5.41, 5.74) is -2.89. The number of nitro groups is 1. The van der Waals surface area contributed by atoms with Gasteiger partial charge in [0.15, 0.2) is 0 Å². The lowest BCUT2D eigenvalue weighted by molar-refractivity contribution is -0.385. The highest BCUT2D eigenvalue weighted by molar-refractivity contribution is 7.46. The summed E-state index contributed by atoms with van der Waals surface area (Å²) in [6.07, 6.45) is -4.82. The Balaban J connectivity index is 3.48. The summed E-state index contributed by atoms with van der Waals surface area (Å²) in [6.45, 7) is 1.01. The quantitative estimate of drug-likeness (QED) is 0.504. The lowest BCUT2D eigenvalue weighted by Gasteiger charge is -2.13. The van der Waals surface area contributed by atoms with Gasteiger partial charge in [0.1, 0.15) is 0 Å². The molecule has 0 saturated carbocycles. The normalized spacial score (nSPS) is 12.3. The van der Waals surface area contributed by atoms with E-state index in [-0.39, 0.29) is 6.07 Å². The molecule has 0 atom stereocenters. The van der Waals surface area contributed by atoms with Crippen molar-refractivity contribution in [2.24, 2.45) is 0 Å². The Morgan fingerprint density at radius 3 is 2.26 bits per heavy atom. The molecule has 1 rings (SSSR count).